The molecule has 0 spiro atoms. The monoisotopic (exact) mass is 319 g/mol. The van der Waals surface area contributed by atoms with Gasteiger partial charge in [0.1, 0.15) is 5.75 Å². The van der Waals surface area contributed by atoms with Crippen LogP contribution in [0.2, 0.25) is 0 Å². The molecule has 0 atom stereocenters. The third-order valence-electron chi connectivity index (χ3n) is 2.67. The third kappa shape index (κ3) is 3.12. The zero-order chi connectivity index (χ0) is 13.8. The molecule has 2 rings (SSSR count). The molecular weight excluding hydrogens is 309 g/mol. The molecule has 96 valence electrons. The predicted octanol–water partition coefficient (Wildman–Crippen LogP) is 4.69. The van der Waals surface area contributed by atoms with E-state index in [2.05, 4.69) is 15.9 Å². The molecule has 0 bridgehead atoms. The van der Waals surface area contributed by atoms with Crippen LogP contribution in [-0.4, -0.2) is 0 Å². The van der Waals surface area contributed by atoms with Crippen LogP contribution in [0.3, 0.4) is 0 Å². The van der Waals surface area contributed by atoms with Crippen LogP contribution in [0.1, 0.15) is 16.7 Å². The summed E-state index contributed by atoms with van der Waals surface area (Å²) in [6.07, 6.45) is 0. The number of hydrogen-bond acceptors (Lipinski definition) is 2. The fourth-order valence-corrected chi connectivity index (χ4v) is 2.03. The molecule has 0 aliphatic heterocycles. The third-order valence-corrected chi connectivity index (χ3v) is 3.32. The normalized spacial score (nSPS) is 10.0. The van der Waals surface area contributed by atoms with Gasteiger partial charge in [-0.05, 0) is 42.3 Å². The first-order chi connectivity index (χ1) is 9.13. The molecule has 0 aliphatic rings. The topological polar surface area (TPSA) is 33.0 Å². The molecule has 0 aliphatic carbocycles. The first-order valence-electron chi connectivity index (χ1n) is 5.67. The molecule has 2 nitrogen and oxygen atoms in total. The lowest BCUT2D eigenvalue weighted by atomic mass is 10.1. The van der Waals surface area contributed by atoms with Gasteiger partial charge in [-0.1, -0.05) is 28.1 Å². The number of halogens is 2. The molecule has 4 heteroatoms. The Kier molecular flexibility index (Phi) is 4.18. The van der Waals surface area contributed by atoms with E-state index in [4.69, 9.17) is 10.00 Å². The molecule has 0 aromatic heterocycles. The van der Waals surface area contributed by atoms with Crippen molar-refractivity contribution >= 4 is 15.9 Å². The van der Waals surface area contributed by atoms with E-state index in [9.17, 15) is 4.39 Å². The van der Waals surface area contributed by atoms with Crippen LogP contribution >= 0.6 is 15.9 Å². The van der Waals surface area contributed by atoms with Crippen LogP contribution in [0, 0.1) is 24.1 Å². The minimum absolute atomic E-state index is 0.119. The van der Waals surface area contributed by atoms with Gasteiger partial charge in [-0.3, -0.25) is 0 Å². The summed E-state index contributed by atoms with van der Waals surface area (Å²) in [5, 5.41) is 9.45. The molecule has 0 saturated carbocycles. The van der Waals surface area contributed by atoms with Gasteiger partial charge < -0.3 is 4.74 Å². The number of ether oxygens (including phenoxy) is 1. The number of rotatable bonds is 3. The molecule has 0 N–H and O–H groups in total. The summed E-state index contributed by atoms with van der Waals surface area (Å²) in [4.78, 5) is 0. The molecule has 0 unspecified atom stereocenters. The van der Waals surface area contributed by atoms with E-state index in [1.54, 1.807) is 0 Å². The van der Waals surface area contributed by atoms with E-state index in [-0.39, 0.29) is 11.3 Å². The minimum atomic E-state index is -0.539. The summed E-state index contributed by atoms with van der Waals surface area (Å²) < 4.78 is 19.3. The Morgan fingerprint density at radius 1 is 1.21 bits per heavy atom. The number of nitriles is 1. The van der Waals surface area contributed by atoms with Gasteiger partial charge in [-0.15, -0.1) is 0 Å². The van der Waals surface area contributed by atoms with Crippen LogP contribution in [0.5, 0.6) is 11.5 Å². The number of aryl methyl sites for hydroxylation is 1. The van der Waals surface area contributed by atoms with Gasteiger partial charge in [0.2, 0.25) is 0 Å². The van der Waals surface area contributed by atoms with Crippen LogP contribution in [-0.2, 0) is 5.33 Å². The van der Waals surface area contributed by atoms with Crippen LogP contribution in [0.15, 0.2) is 36.4 Å². The smallest absolute Gasteiger partial charge is 0.167 e. The Morgan fingerprint density at radius 3 is 2.53 bits per heavy atom. The maximum Gasteiger partial charge on any atom is 0.167 e. The lowest BCUT2D eigenvalue weighted by Crippen LogP contribution is -1.92. The van der Waals surface area contributed by atoms with Crippen molar-refractivity contribution in [1.82, 2.24) is 0 Å². The zero-order valence-electron chi connectivity index (χ0n) is 10.3. The average Bonchev–Trinajstić information content (AvgIpc) is 2.42. The largest absolute Gasteiger partial charge is 0.454 e. The number of alkyl halides is 1. The van der Waals surface area contributed by atoms with Crippen molar-refractivity contribution in [2.75, 3.05) is 0 Å². The van der Waals surface area contributed by atoms with Crippen molar-refractivity contribution in [3.8, 4) is 17.6 Å². The van der Waals surface area contributed by atoms with Crippen molar-refractivity contribution in [1.29, 1.82) is 5.26 Å². The van der Waals surface area contributed by atoms with E-state index in [1.807, 2.05) is 31.2 Å². The maximum absolute atomic E-state index is 13.7. The Bertz CT molecular complexity index is 649. The molecule has 2 aromatic carbocycles. The van der Waals surface area contributed by atoms with Gasteiger partial charge in [0.25, 0.3) is 0 Å². The number of nitrogens with zero attached hydrogens (tertiary/aromatic N) is 1. The second kappa shape index (κ2) is 5.85. The average molecular weight is 320 g/mol. The Balaban J connectivity index is 2.29. The van der Waals surface area contributed by atoms with E-state index >= 15 is 0 Å². The lowest BCUT2D eigenvalue weighted by Gasteiger charge is -2.10. The van der Waals surface area contributed by atoms with Crippen molar-refractivity contribution in [2.45, 2.75) is 12.3 Å². The highest BCUT2D eigenvalue weighted by Gasteiger charge is 2.08. The first kappa shape index (κ1) is 13.6. The second-order valence-electron chi connectivity index (χ2n) is 4.09. The Morgan fingerprint density at radius 2 is 1.95 bits per heavy atom. The second-order valence-corrected chi connectivity index (χ2v) is 4.65. The zero-order valence-corrected chi connectivity index (χ0v) is 11.9. The molecule has 0 amide bonds. The van der Waals surface area contributed by atoms with Crippen molar-refractivity contribution in [3.63, 3.8) is 0 Å². The highest BCUT2D eigenvalue weighted by atomic mass is 79.9. The molecular formula is C15H11BrFNO. The van der Waals surface area contributed by atoms with Gasteiger partial charge >= 0.3 is 0 Å². The van der Waals surface area contributed by atoms with Crippen molar-refractivity contribution in [2.24, 2.45) is 0 Å². The van der Waals surface area contributed by atoms with Gasteiger partial charge in [-0.25, -0.2) is 4.39 Å². The number of hydrogen-bond donors (Lipinski definition) is 0. The van der Waals surface area contributed by atoms with Crippen LogP contribution in [0.25, 0.3) is 0 Å². The Hall–Kier alpha value is -1.86. The quantitative estimate of drug-likeness (QED) is 0.769. The van der Waals surface area contributed by atoms with Crippen molar-refractivity contribution in [3.05, 3.63) is 58.9 Å². The molecule has 0 heterocycles. The van der Waals surface area contributed by atoms with E-state index < -0.39 is 5.82 Å². The SMILES string of the molecule is Cc1cc(CBr)ccc1Oc1ccc(C#N)cc1F. The summed E-state index contributed by atoms with van der Waals surface area (Å²) in [6, 6.07) is 11.7. The number of benzene rings is 2. The first-order valence-corrected chi connectivity index (χ1v) is 6.79. The van der Waals surface area contributed by atoms with Gasteiger partial charge in [0.05, 0.1) is 11.6 Å². The predicted molar refractivity (Wildman–Crippen MR) is 75.0 cm³/mol. The van der Waals surface area contributed by atoms with Crippen LogP contribution in [0.4, 0.5) is 4.39 Å². The fourth-order valence-electron chi connectivity index (χ4n) is 1.68. The molecule has 19 heavy (non-hydrogen) atoms. The van der Waals surface area contributed by atoms with Gasteiger partial charge in [-0.2, -0.15) is 5.26 Å². The standard InChI is InChI=1S/C15H11BrFNO/c1-10-6-11(8-16)2-4-14(10)19-15-5-3-12(9-18)7-13(15)17/h2-7H,8H2,1H3. The maximum atomic E-state index is 13.7. The van der Waals surface area contributed by atoms with E-state index in [0.717, 1.165) is 22.5 Å². The molecule has 0 saturated heterocycles. The lowest BCUT2D eigenvalue weighted by molar-refractivity contribution is 0.439. The molecule has 0 fully saturated rings. The molecule has 2 aromatic rings. The highest BCUT2D eigenvalue weighted by molar-refractivity contribution is 9.08. The summed E-state index contributed by atoms with van der Waals surface area (Å²) in [6.45, 7) is 1.91. The summed E-state index contributed by atoms with van der Waals surface area (Å²) in [7, 11) is 0. The van der Waals surface area contributed by atoms with Crippen LogP contribution < -0.4 is 4.74 Å². The van der Waals surface area contributed by atoms with E-state index in [1.165, 1.54) is 12.1 Å². The Labute approximate surface area is 119 Å². The van der Waals surface area contributed by atoms with Gasteiger partial charge in [0, 0.05) is 5.33 Å². The van der Waals surface area contributed by atoms with Crippen molar-refractivity contribution < 1.29 is 9.13 Å². The summed E-state index contributed by atoms with van der Waals surface area (Å²) >= 11 is 3.38. The highest BCUT2D eigenvalue weighted by Crippen LogP contribution is 2.28. The minimum Gasteiger partial charge on any atom is -0.454 e. The van der Waals surface area contributed by atoms with Gasteiger partial charge in [0.15, 0.2) is 11.6 Å². The summed E-state index contributed by atoms with van der Waals surface area (Å²) in [5.74, 6) is 0.185. The van der Waals surface area contributed by atoms with E-state index in [0.29, 0.717) is 5.75 Å². The molecule has 0 radical (unpaired) electrons. The fraction of sp³-hybridized carbons (Fsp3) is 0.133. The summed E-state index contributed by atoms with van der Waals surface area (Å²) in [5.41, 5.74) is 2.34.